The van der Waals surface area contributed by atoms with Crippen LogP contribution in [0.2, 0.25) is 0 Å². The summed E-state index contributed by atoms with van der Waals surface area (Å²) in [5.74, 6) is 2.62. The Kier molecular flexibility index (Phi) is 7.23. The lowest BCUT2D eigenvalue weighted by molar-refractivity contribution is -0.120. The van der Waals surface area contributed by atoms with Crippen LogP contribution >= 0.6 is 11.8 Å². The topological polar surface area (TPSA) is 50.8 Å². The number of carbonyl (C=O) groups excluding carboxylic acids is 1. The van der Waals surface area contributed by atoms with Gasteiger partial charge in [0.15, 0.2) is 11.5 Å². The first-order valence-corrected chi connectivity index (χ1v) is 10.6. The Bertz CT molecular complexity index is 812. The molecule has 0 bridgehead atoms. The Balaban J connectivity index is 1.59. The van der Waals surface area contributed by atoms with Crippen LogP contribution in [0.3, 0.4) is 0 Å². The van der Waals surface area contributed by atoms with Crippen LogP contribution in [0.5, 0.6) is 11.5 Å². The number of nitrogens with zero attached hydrogens (tertiary/aromatic N) is 1. The average molecular weight is 401 g/mol. The molecule has 6 heteroatoms. The lowest BCUT2D eigenvalue weighted by Gasteiger charge is -2.26. The minimum absolute atomic E-state index is 0.127. The molecule has 0 aliphatic carbocycles. The van der Waals surface area contributed by atoms with E-state index in [0.29, 0.717) is 6.54 Å². The standard InChI is InChI=1S/C22H28N2O3S/c1-16(23-12-11-17-9-10-19(26-2)20(15-17)27-3)22(25)24-13-6-14-28-21-8-5-4-7-18(21)24/h4-5,7-10,15-16,23H,6,11-14H2,1-3H3/t16-/m0/s1. The van der Waals surface area contributed by atoms with Gasteiger partial charge in [0.2, 0.25) is 5.91 Å². The van der Waals surface area contributed by atoms with Gasteiger partial charge < -0.3 is 19.7 Å². The van der Waals surface area contributed by atoms with Gasteiger partial charge in [-0.3, -0.25) is 4.79 Å². The summed E-state index contributed by atoms with van der Waals surface area (Å²) >= 11 is 1.83. The van der Waals surface area contributed by atoms with Gasteiger partial charge in [0.05, 0.1) is 25.9 Å². The molecule has 1 N–H and O–H groups in total. The molecule has 1 aliphatic rings. The van der Waals surface area contributed by atoms with Crippen molar-refractivity contribution >= 4 is 23.4 Å². The van der Waals surface area contributed by atoms with Crippen LogP contribution < -0.4 is 19.7 Å². The van der Waals surface area contributed by atoms with Crippen molar-refractivity contribution in [2.75, 3.05) is 38.0 Å². The van der Waals surface area contributed by atoms with Crippen LogP contribution in [-0.4, -0.2) is 45.0 Å². The van der Waals surface area contributed by atoms with Gasteiger partial charge in [0.25, 0.3) is 0 Å². The van der Waals surface area contributed by atoms with Gasteiger partial charge in [0.1, 0.15) is 0 Å². The first kappa shape index (κ1) is 20.6. The number of amides is 1. The normalized spacial score (nSPS) is 14.8. The fourth-order valence-corrected chi connectivity index (χ4v) is 4.34. The molecule has 0 unspecified atom stereocenters. The molecule has 2 aromatic carbocycles. The lowest BCUT2D eigenvalue weighted by Crippen LogP contribution is -2.46. The van der Waals surface area contributed by atoms with E-state index >= 15 is 0 Å². The molecule has 5 nitrogen and oxygen atoms in total. The second kappa shape index (κ2) is 9.85. The van der Waals surface area contributed by atoms with Gasteiger partial charge in [-0.25, -0.2) is 0 Å². The molecule has 0 fully saturated rings. The predicted molar refractivity (Wildman–Crippen MR) is 115 cm³/mol. The summed E-state index contributed by atoms with van der Waals surface area (Å²) in [6.45, 7) is 3.43. The van der Waals surface area contributed by atoms with E-state index in [9.17, 15) is 4.79 Å². The molecule has 0 saturated carbocycles. The van der Waals surface area contributed by atoms with Crippen molar-refractivity contribution in [3.63, 3.8) is 0 Å². The Hall–Kier alpha value is -2.18. The molecule has 3 rings (SSSR count). The Morgan fingerprint density at radius 2 is 1.96 bits per heavy atom. The van der Waals surface area contributed by atoms with Crippen LogP contribution in [0.1, 0.15) is 18.9 Å². The molecule has 28 heavy (non-hydrogen) atoms. The molecular weight excluding hydrogens is 372 g/mol. The van der Waals surface area contributed by atoms with Gasteiger partial charge >= 0.3 is 0 Å². The van der Waals surface area contributed by atoms with Gasteiger partial charge in [0, 0.05) is 11.4 Å². The minimum atomic E-state index is -0.240. The number of thioether (sulfide) groups is 1. The van der Waals surface area contributed by atoms with Gasteiger partial charge in [-0.15, -0.1) is 11.8 Å². The molecule has 1 amide bonds. The van der Waals surface area contributed by atoms with Crippen molar-refractivity contribution in [2.24, 2.45) is 0 Å². The van der Waals surface area contributed by atoms with Gasteiger partial charge in [-0.1, -0.05) is 18.2 Å². The summed E-state index contributed by atoms with van der Waals surface area (Å²) < 4.78 is 10.6. The van der Waals surface area contributed by atoms with Crippen LogP contribution in [-0.2, 0) is 11.2 Å². The lowest BCUT2D eigenvalue weighted by atomic mass is 10.1. The van der Waals surface area contributed by atoms with Gasteiger partial charge in [-0.05, 0) is 61.9 Å². The molecule has 1 aliphatic heterocycles. The Morgan fingerprint density at radius 1 is 1.18 bits per heavy atom. The van der Waals surface area contributed by atoms with E-state index in [1.165, 1.54) is 4.90 Å². The van der Waals surface area contributed by atoms with Crippen molar-refractivity contribution in [1.82, 2.24) is 5.32 Å². The van der Waals surface area contributed by atoms with Crippen molar-refractivity contribution < 1.29 is 14.3 Å². The summed E-state index contributed by atoms with van der Waals surface area (Å²) in [5, 5.41) is 3.38. The van der Waals surface area contributed by atoms with Crippen LogP contribution in [0.15, 0.2) is 47.4 Å². The summed E-state index contributed by atoms with van der Waals surface area (Å²) in [6.07, 6.45) is 1.81. The maximum atomic E-state index is 13.1. The van der Waals surface area contributed by atoms with Crippen LogP contribution in [0.25, 0.3) is 0 Å². The van der Waals surface area contributed by atoms with Crippen molar-refractivity contribution in [1.29, 1.82) is 0 Å². The maximum absolute atomic E-state index is 13.1. The number of hydrogen-bond donors (Lipinski definition) is 1. The number of ether oxygens (including phenoxy) is 2. The average Bonchev–Trinajstić information content (AvgIpc) is 2.95. The van der Waals surface area contributed by atoms with Crippen LogP contribution in [0, 0.1) is 0 Å². The van der Waals surface area contributed by atoms with Crippen molar-refractivity contribution in [3.8, 4) is 11.5 Å². The van der Waals surface area contributed by atoms with E-state index in [4.69, 9.17) is 9.47 Å². The number of fused-ring (bicyclic) bond motifs is 1. The number of hydrogen-bond acceptors (Lipinski definition) is 5. The van der Waals surface area contributed by atoms with E-state index in [2.05, 4.69) is 11.4 Å². The third-order valence-corrected chi connectivity index (χ3v) is 6.04. The summed E-state index contributed by atoms with van der Waals surface area (Å²) in [6, 6.07) is 13.9. The van der Waals surface area contributed by atoms with Crippen LogP contribution in [0.4, 0.5) is 5.69 Å². The molecule has 0 radical (unpaired) electrons. The number of para-hydroxylation sites is 1. The maximum Gasteiger partial charge on any atom is 0.243 e. The quantitative estimate of drug-likeness (QED) is 0.767. The largest absolute Gasteiger partial charge is 0.493 e. The van der Waals surface area contributed by atoms with Crippen molar-refractivity contribution in [3.05, 3.63) is 48.0 Å². The Labute approximate surface area is 171 Å². The smallest absolute Gasteiger partial charge is 0.243 e. The van der Waals surface area contributed by atoms with E-state index in [0.717, 1.165) is 47.9 Å². The third kappa shape index (κ3) is 4.80. The van der Waals surface area contributed by atoms with E-state index < -0.39 is 0 Å². The van der Waals surface area contributed by atoms with E-state index in [-0.39, 0.29) is 11.9 Å². The molecule has 150 valence electrons. The zero-order valence-corrected chi connectivity index (χ0v) is 17.6. The number of anilines is 1. The summed E-state index contributed by atoms with van der Waals surface area (Å²) in [4.78, 5) is 16.2. The molecule has 0 saturated heterocycles. The van der Waals surface area contributed by atoms with E-state index in [1.807, 2.05) is 60.0 Å². The SMILES string of the molecule is COc1ccc(CCN[C@@H](C)C(=O)N2CCCSc3ccccc32)cc1OC. The molecule has 2 aromatic rings. The minimum Gasteiger partial charge on any atom is -0.493 e. The first-order chi connectivity index (χ1) is 13.6. The summed E-state index contributed by atoms with van der Waals surface area (Å²) in [5.41, 5.74) is 2.17. The highest BCUT2D eigenvalue weighted by molar-refractivity contribution is 7.99. The zero-order valence-electron chi connectivity index (χ0n) is 16.7. The molecule has 1 heterocycles. The molecule has 0 spiro atoms. The first-order valence-electron chi connectivity index (χ1n) is 9.61. The van der Waals surface area contributed by atoms with Gasteiger partial charge in [-0.2, -0.15) is 0 Å². The Morgan fingerprint density at radius 3 is 2.75 bits per heavy atom. The number of carbonyl (C=O) groups is 1. The number of methoxy groups -OCH3 is 2. The molecule has 0 aromatic heterocycles. The molecular formula is C22H28N2O3S. The highest BCUT2D eigenvalue weighted by Gasteiger charge is 2.25. The highest BCUT2D eigenvalue weighted by Crippen LogP contribution is 2.33. The fraction of sp³-hybridized carbons (Fsp3) is 0.409. The van der Waals surface area contributed by atoms with Crippen molar-refractivity contribution in [2.45, 2.75) is 30.7 Å². The highest BCUT2D eigenvalue weighted by atomic mass is 32.2. The number of benzene rings is 2. The van der Waals surface area contributed by atoms with E-state index in [1.54, 1.807) is 14.2 Å². The second-order valence-electron chi connectivity index (χ2n) is 6.77. The third-order valence-electron chi connectivity index (χ3n) is 4.89. The fourth-order valence-electron chi connectivity index (χ4n) is 3.35. The monoisotopic (exact) mass is 400 g/mol. The number of rotatable bonds is 7. The second-order valence-corrected chi connectivity index (χ2v) is 7.91. The zero-order chi connectivity index (χ0) is 19.9. The predicted octanol–water partition coefficient (Wildman–Crippen LogP) is 3.75. The molecule has 1 atom stereocenters. The number of nitrogens with one attached hydrogen (secondary N) is 1. The summed E-state index contributed by atoms with van der Waals surface area (Å²) in [7, 11) is 3.27.